The number of phosphoric ester groups is 2. The maximum Gasteiger partial charge on any atom is 0.472 e. The zero-order valence-corrected chi connectivity index (χ0v) is 65.5. The lowest BCUT2D eigenvalue weighted by Crippen LogP contribution is -2.30. The molecule has 0 saturated heterocycles. The number of hydrogen-bond acceptors (Lipinski definition) is 15. The van der Waals surface area contributed by atoms with Gasteiger partial charge in [0.2, 0.25) is 0 Å². The van der Waals surface area contributed by atoms with Crippen LogP contribution >= 0.6 is 15.6 Å². The Kier molecular flexibility index (Phi) is 67.2. The smallest absolute Gasteiger partial charge is 0.462 e. The van der Waals surface area contributed by atoms with Crippen molar-refractivity contribution < 1.29 is 80.2 Å². The number of unbranched alkanes of at least 4 members (excludes halogenated alkanes) is 40. The van der Waals surface area contributed by atoms with Gasteiger partial charge in [-0.15, -0.1) is 0 Å². The molecule has 98 heavy (non-hydrogen) atoms. The molecule has 0 aromatic heterocycles. The van der Waals surface area contributed by atoms with E-state index in [1.165, 1.54) is 167 Å². The van der Waals surface area contributed by atoms with Crippen molar-refractivity contribution in [1.29, 1.82) is 0 Å². The number of carbonyl (C=O) groups excluding carboxylic acids is 4. The summed E-state index contributed by atoms with van der Waals surface area (Å²) in [6, 6.07) is 0. The van der Waals surface area contributed by atoms with Gasteiger partial charge in [-0.25, -0.2) is 9.13 Å². The van der Waals surface area contributed by atoms with Crippen molar-refractivity contribution in [3.63, 3.8) is 0 Å². The molecule has 0 saturated carbocycles. The number of rotatable bonds is 75. The first kappa shape index (κ1) is 95.5. The highest BCUT2D eigenvalue weighted by molar-refractivity contribution is 7.47. The molecule has 0 bridgehead atoms. The van der Waals surface area contributed by atoms with E-state index < -0.39 is 97.5 Å². The number of aliphatic hydroxyl groups is 1. The minimum Gasteiger partial charge on any atom is -0.462 e. The van der Waals surface area contributed by atoms with Crippen LogP contribution in [0.3, 0.4) is 0 Å². The monoisotopic (exact) mass is 1430 g/mol. The average Bonchev–Trinajstić information content (AvgIpc) is 0.949. The van der Waals surface area contributed by atoms with Crippen molar-refractivity contribution in [2.45, 2.75) is 401 Å². The van der Waals surface area contributed by atoms with Crippen LogP contribution in [0.1, 0.15) is 382 Å². The molecule has 0 fully saturated rings. The van der Waals surface area contributed by atoms with Crippen LogP contribution in [-0.4, -0.2) is 96.7 Å². The minimum atomic E-state index is -4.97. The van der Waals surface area contributed by atoms with E-state index in [1.807, 2.05) is 0 Å². The Morgan fingerprint density at radius 3 is 0.827 bits per heavy atom. The van der Waals surface area contributed by atoms with Crippen LogP contribution in [0.5, 0.6) is 0 Å². The second-order valence-corrected chi connectivity index (χ2v) is 32.1. The van der Waals surface area contributed by atoms with Gasteiger partial charge >= 0.3 is 39.5 Å². The van der Waals surface area contributed by atoms with E-state index in [4.69, 9.17) is 37.0 Å². The Hall–Kier alpha value is -2.46. The molecule has 0 radical (unpaired) electrons. The molecule has 0 aliphatic heterocycles. The van der Waals surface area contributed by atoms with E-state index in [-0.39, 0.29) is 25.7 Å². The molecule has 5 atom stereocenters. The number of phosphoric acid groups is 2. The van der Waals surface area contributed by atoms with Crippen molar-refractivity contribution >= 4 is 39.5 Å². The Morgan fingerprint density at radius 2 is 0.551 bits per heavy atom. The number of hydrogen-bond donors (Lipinski definition) is 3. The topological polar surface area (TPSA) is 237 Å². The number of ether oxygens (including phenoxy) is 4. The fraction of sp³-hybridized carbons (Fsp3) is 0.899. The molecule has 0 aliphatic carbocycles. The maximum atomic E-state index is 13.1. The second-order valence-electron chi connectivity index (χ2n) is 29.2. The van der Waals surface area contributed by atoms with Crippen LogP contribution < -0.4 is 0 Å². The molecule has 0 rings (SSSR count). The van der Waals surface area contributed by atoms with Gasteiger partial charge in [0, 0.05) is 25.7 Å². The minimum absolute atomic E-state index is 0.0993. The van der Waals surface area contributed by atoms with Gasteiger partial charge in [0.15, 0.2) is 12.2 Å². The van der Waals surface area contributed by atoms with Gasteiger partial charge in [-0.05, 0) is 69.1 Å². The standard InChI is InChI=1S/C79H150O17P2/c1-8-9-10-11-12-13-14-15-18-22-27-32-39-46-53-60-76(81)89-66-74(95-79(84)63-56-49-41-34-29-24-26-31-37-44-51-58-71(4)5)68-93-97(85,86)91-64-73(80)65-92-98(87,88)94-69-75(67-90-77(82)61-54-47-42-35-38-45-52-59-72(6)7)96-78(83)62-55-48-40-33-28-23-20-17-16-19-21-25-30-36-43-50-57-70(2)3/h13-15,18,70-75,80H,8-12,16-17,19-69H2,1-7H3,(H,85,86)(H,87,88)/b14-13-,18-15-/t73?,74-,75-/m1/s1. The summed E-state index contributed by atoms with van der Waals surface area (Å²) >= 11 is 0. The molecule has 3 unspecified atom stereocenters. The quantitative estimate of drug-likeness (QED) is 0.0169. The SMILES string of the molecule is CCCCCC/C=C\C=C/CCCCCCCC(=O)OC[C@H](COP(=O)(O)OCC(O)COP(=O)(O)OC[C@@H](COC(=O)CCCCCCCCCC(C)C)OC(=O)CCCCCCCCCCCCCCCCCCC(C)C)OC(=O)CCCCCCCCCCCCCC(C)C. The largest absolute Gasteiger partial charge is 0.472 e. The van der Waals surface area contributed by atoms with Crippen molar-refractivity contribution in [3.05, 3.63) is 24.3 Å². The molecule has 0 aromatic rings. The van der Waals surface area contributed by atoms with Gasteiger partial charge in [0.05, 0.1) is 26.4 Å². The third-order valence-corrected chi connectivity index (χ3v) is 19.7. The lowest BCUT2D eigenvalue weighted by Gasteiger charge is -2.21. The summed E-state index contributed by atoms with van der Waals surface area (Å²) in [5, 5.41) is 10.6. The summed E-state index contributed by atoms with van der Waals surface area (Å²) in [5.74, 6) is 0.129. The first-order chi connectivity index (χ1) is 47.2. The molecule has 0 aliphatic rings. The second kappa shape index (κ2) is 68.9. The highest BCUT2D eigenvalue weighted by atomic mass is 31.2. The van der Waals surface area contributed by atoms with Crippen LogP contribution in [0.15, 0.2) is 24.3 Å². The molecule has 0 amide bonds. The van der Waals surface area contributed by atoms with Gasteiger partial charge < -0.3 is 33.8 Å². The summed E-state index contributed by atoms with van der Waals surface area (Å²) in [4.78, 5) is 72.9. The highest BCUT2D eigenvalue weighted by Crippen LogP contribution is 2.45. The van der Waals surface area contributed by atoms with E-state index in [1.54, 1.807) is 0 Å². The van der Waals surface area contributed by atoms with Gasteiger partial charge in [-0.3, -0.25) is 37.3 Å². The first-order valence-electron chi connectivity index (χ1n) is 40.2. The number of esters is 4. The predicted molar refractivity (Wildman–Crippen MR) is 400 cm³/mol. The number of allylic oxidation sites excluding steroid dienone is 4. The third-order valence-electron chi connectivity index (χ3n) is 17.8. The number of carbonyl (C=O) groups is 4. The van der Waals surface area contributed by atoms with Crippen molar-refractivity contribution in [3.8, 4) is 0 Å². The summed E-state index contributed by atoms with van der Waals surface area (Å²) in [6.45, 7) is 11.8. The zero-order chi connectivity index (χ0) is 72.3. The van der Waals surface area contributed by atoms with E-state index in [0.717, 1.165) is 127 Å². The van der Waals surface area contributed by atoms with Crippen LogP contribution in [0.4, 0.5) is 0 Å². The van der Waals surface area contributed by atoms with Crippen LogP contribution in [0.2, 0.25) is 0 Å². The molecular weight excluding hydrogens is 1280 g/mol. The average molecular weight is 1430 g/mol. The van der Waals surface area contributed by atoms with Gasteiger partial charge in [0.1, 0.15) is 19.3 Å². The summed E-state index contributed by atoms with van der Waals surface area (Å²) in [7, 11) is -9.93. The highest BCUT2D eigenvalue weighted by Gasteiger charge is 2.30. The molecule has 578 valence electrons. The van der Waals surface area contributed by atoms with E-state index in [9.17, 15) is 43.2 Å². The Morgan fingerprint density at radius 1 is 0.316 bits per heavy atom. The van der Waals surface area contributed by atoms with Gasteiger partial charge in [0.25, 0.3) is 0 Å². The molecule has 17 nitrogen and oxygen atoms in total. The molecule has 0 heterocycles. The summed E-state index contributed by atoms with van der Waals surface area (Å²) in [5.41, 5.74) is 0. The Balaban J connectivity index is 5.26. The summed E-state index contributed by atoms with van der Waals surface area (Å²) in [6.07, 6.45) is 59.2. The Bertz CT molecular complexity index is 2000. The maximum absolute atomic E-state index is 13.1. The molecular formula is C79H150O17P2. The zero-order valence-electron chi connectivity index (χ0n) is 63.7. The normalized spacial score (nSPS) is 14.2. The van der Waals surface area contributed by atoms with E-state index >= 15 is 0 Å². The first-order valence-corrected chi connectivity index (χ1v) is 43.2. The third kappa shape index (κ3) is 71.9. The predicted octanol–water partition coefficient (Wildman–Crippen LogP) is 22.9. The molecule has 3 N–H and O–H groups in total. The fourth-order valence-electron chi connectivity index (χ4n) is 11.6. The molecule has 0 aromatic carbocycles. The lowest BCUT2D eigenvalue weighted by molar-refractivity contribution is -0.161. The van der Waals surface area contributed by atoms with E-state index in [0.29, 0.717) is 31.6 Å². The molecule has 0 spiro atoms. The van der Waals surface area contributed by atoms with E-state index in [2.05, 4.69) is 72.8 Å². The van der Waals surface area contributed by atoms with Crippen LogP contribution in [0.25, 0.3) is 0 Å². The van der Waals surface area contributed by atoms with Crippen molar-refractivity contribution in [2.75, 3.05) is 39.6 Å². The van der Waals surface area contributed by atoms with Gasteiger partial charge in [-0.2, -0.15) is 0 Å². The molecule has 19 heteroatoms. The van der Waals surface area contributed by atoms with Crippen LogP contribution in [-0.2, 0) is 65.4 Å². The fourth-order valence-corrected chi connectivity index (χ4v) is 13.2. The van der Waals surface area contributed by atoms with Crippen LogP contribution in [0, 0.1) is 17.8 Å². The Labute approximate surface area is 599 Å². The number of aliphatic hydroxyl groups excluding tert-OH is 1. The van der Waals surface area contributed by atoms with Gasteiger partial charge in [-0.1, -0.05) is 330 Å². The van der Waals surface area contributed by atoms with Crippen molar-refractivity contribution in [1.82, 2.24) is 0 Å². The van der Waals surface area contributed by atoms with Crippen molar-refractivity contribution in [2.24, 2.45) is 17.8 Å². The lowest BCUT2D eigenvalue weighted by atomic mass is 10.0. The summed E-state index contributed by atoms with van der Waals surface area (Å²) < 4.78 is 68.6.